The zero-order valence-corrected chi connectivity index (χ0v) is 16.9. The van der Waals surface area contributed by atoms with E-state index in [2.05, 4.69) is 10.3 Å². The Morgan fingerprint density at radius 2 is 2.00 bits per heavy atom. The fourth-order valence-corrected chi connectivity index (χ4v) is 4.02. The summed E-state index contributed by atoms with van der Waals surface area (Å²) >= 11 is 1.30. The summed E-state index contributed by atoms with van der Waals surface area (Å²) in [5, 5.41) is 5.10. The number of halogens is 2. The molecule has 0 radical (unpaired) electrons. The summed E-state index contributed by atoms with van der Waals surface area (Å²) in [6, 6.07) is 10.8. The summed E-state index contributed by atoms with van der Waals surface area (Å²) in [5.74, 6) is -1.15. The molecule has 1 aliphatic rings. The molecule has 156 valence electrons. The second-order valence-electron chi connectivity index (χ2n) is 6.87. The SMILES string of the molecule is O=C(NC[C@@H]1CCCO1)c1csc(-c2ccccc2OCc2c(F)cccc2F)n1. The molecule has 0 aliphatic carbocycles. The van der Waals surface area contributed by atoms with Crippen LogP contribution in [-0.4, -0.2) is 30.1 Å². The van der Waals surface area contributed by atoms with E-state index in [4.69, 9.17) is 9.47 Å². The topological polar surface area (TPSA) is 60.5 Å². The van der Waals surface area contributed by atoms with Gasteiger partial charge in [-0.1, -0.05) is 18.2 Å². The van der Waals surface area contributed by atoms with Crippen LogP contribution in [-0.2, 0) is 11.3 Å². The molecule has 0 saturated carbocycles. The van der Waals surface area contributed by atoms with Gasteiger partial charge in [0, 0.05) is 18.5 Å². The third kappa shape index (κ3) is 4.66. The molecule has 0 spiro atoms. The molecule has 30 heavy (non-hydrogen) atoms. The predicted octanol–water partition coefficient (Wildman–Crippen LogP) is 4.58. The van der Waals surface area contributed by atoms with E-state index in [-0.39, 0.29) is 24.2 Å². The Balaban J connectivity index is 1.46. The van der Waals surface area contributed by atoms with Gasteiger partial charge in [0.2, 0.25) is 0 Å². The van der Waals surface area contributed by atoms with Crippen molar-refractivity contribution in [1.29, 1.82) is 0 Å². The molecule has 8 heteroatoms. The minimum absolute atomic E-state index is 0.0555. The molecule has 1 aromatic heterocycles. The van der Waals surface area contributed by atoms with Gasteiger partial charge in [-0.3, -0.25) is 4.79 Å². The molecule has 3 aromatic rings. The van der Waals surface area contributed by atoms with Crippen molar-refractivity contribution in [3.63, 3.8) is 0 Å². The van der Waals surface area contributed by atoms with Gasteiger partial charge in [-0.2, -0.15) is 0 Å². The number of carbonyl (C=O) groups excluding carboxylic acids is 1. The van der Waals surface area contributed by atoms with Gasteiger partial charge in [0.05, 0.1) is 17.2 Å². The average Bonchev–Trinajstić information content (AvgIpc) is 3.44. The maximum atomic E-state index is 13.9. The number of benzene rings is 2. The van der Waals surface area contributed by atoms with E-state index in [0.717, 1.165) is 19.4 Å². The normalized spacial score (nSPS) is 15.9. The van der Waals surface area contributed by atoms with E-state index < -0.39 is 11.6 Å². The zero-order valence-electron chi connectivity index (χ0n) is 16.1. The number of amides is 1. The van der Waals surface area contributed by atoms with Gasteiger partial charge in [0.25, 0.3) is 5.91 Å². The van der Waals surface area contributed by atoms with Crippen LogP contribution in [0.25, 0.3) is 10.6 Å². The highest BCUT2D eigenvalue weighted by molar-refractivity contribution is 7.13. The molecule has 0 bridgehead atoms. The second-order valence-corrected chi connectivity index (χ2v) is 7.73. The van der Waals surface area contributed by atoms with E-state index in [1.165, 1.54) is 29.5 Å². The molecule has 0 unspecified atom stereocenters. The lowest BCUT2D eigenvalue weighted by Crippen LogP contribution is -2.31. The number of nitrogens with one attached hydrogen (secondary N) is 1. The van der Waals surface area contributed by atoms with Crippen LogP contribution in [0, 0.1) is 11.6 Å². The molecule has 5 nitrogen and oxygen atoms in total. The van der Waals surface area contributed by atoms with Crippen molar-refractivity contribution in [3.8, 4) is 16.3 Å². The van der Waals surface area contributed by atoms with E-state index >= 15 is 0 Å². The average molecular weight is 430 g/mol. The lowest BCUT2D eigenvalue weighted by Gasteiger charge is -2.11. The number of thiazole rings is 1. The highest BCUT2D eigenvalue weighted by Crippen LogP contribution is 2.33. The third-order valence-electron chi connectivity index (χ3n) is 4.80. The van der Waals surface area contributed by atoms with Crippen LogP contribution in [0.5, 0.6) is 5.75 Å². The number of hydrogen-bond acceptors (Lipinski definition) is 5. The molecule has 1 aliphatic heterocycles. The van der Waals surface area contributed by atoms with Crippen molar-refractivity contribution in [2.24, 2.45) is 0 Å². The number of ether oxygens (including phenoxy) is 2. The van der Waals surface area contributed by atoms with Gasteiger partial charge in [0.1, 0.15) is 34.7 Å². The number of carbonyl (C=O) groups is 1. The summed E-state index contributed by atoms with van der Waals surface area (Å²) in [6.45, 7) is 0.935. The first-order chi connectivity index (χ1) is 14.6. The van der Waals surface area contributed by atoms with Crippen LogP contribution >= 0.6 is 11.3 Å². The maximum Gasteiger partial charge on any atom is 0.270 e. The Bertz CT molecular complexity index is 1010. The Morgan fingerprint density at radius 3 is 2.77 bits per heavy atom. The molecule has 1 atom stereocenters. The Hall–Kier alpha value is -2.84. The molecule has 4 rings (SSSR count). The monoisotopic (exact) mass is 430 g/mol. The number of aromatic nitrogens is 1. The first-order valence-corrected chi connectivity index (χ1v) is 10.5. The largest absolute Gasteiger partial charge is 0.488 e. The first-order valence-electron chi connectivity index (χ1n) is 9.62. The molecule has 1 amide bonds. The Kier molecular flexibility index (Phi) is 6.35. The highest BCUT2D eigenvalue weighted by Gasteiger charge is 2.19. The van der Waals surface area contributed by atoms with Gasteiger partial charge in [-0.25, -0.2) is 13.8 Å². The smallest absolute Gasteiger partial charge is 0.270 e. The van der Waals surface area contributed by atoms with Crippen molar-refractivity contribution in [3.05, 3.63) is 70.7 Å². The lowest BCUT2D eigenvalue weighted by molar-refractivity contribution is 0.0854. The quantitative estimate of drug-likeness (QED) is 0.596. The molecule has 1 N–H and O–H groups in total. The van der Waals surface area contributed by atoms with E-state index in [1.54, 1.807) is 23.6 Å². The van der Waals surface area contributed by atoms with Crippen molar-refractivity contribution in [1.82, 2.24) is 10.3 Å². The summed E-state index contributed by atoms with van der Waals surface area (Å²) in [5.41, 5.74) is 0.820. The Morgan fingerprint density at radius 1 is 1.20 bits per heavy atom. The van der Waals surface area contributed by atoms with E-state index in [0.29, 0.717) is 28.6 Å². The van der Waals surface area contributed by atoms with Gasteiger partial charge in [-0.15, -0.1) is 11.3 Å². The molecule has 1 fully saturated rings. The van der Waals surface area contributed by atoms with Gasteiger partial charge in [-0.05, 0) is 37.1 Å². The van der Waals surface area contributed by atoms with Crippen LogP contribution in [0.2, 0.25) is 0 Å². The lowest BCUT2D eigenvalue weighted by atomic mass is 10.2. The van der Waals surface area contributed by atoms with E-state index in [9.17, 15) is 13.6 Å². The molecule has 1 saturated heterocycles. The van der Waals surface area contributed by atoms with Crippen LogP contribution in [0.4, 0.5) is 8.78 Å². The Labute approximate surface area is 176 Å². The molecule has 2 aromatic carbocycles. The van der Waals surface area contributed by atoms with E-state index in [1.807, 2.05) is 6.07 Å². The van der Waals surface area contributed by atoms with Crippen LogP contribution < -0.4 is 10.1 Å². The standard InChI is InChI=1S/C22H20F2N2O3S/c23-17-7-3-8-18(24)16(17)12-29-20-9-2-1-6-15(20)22-26-19(13-30-22)21(27)25-11-14-5-4-10-28-14/h1-3,6-9,13-14H,4-5,10-12H2,(H,25,27)/t14-/m0/s1. The summed E-state index contributed by atoms with van der Waals surface area (Å²) in [6.07, 6.45) is 2.00. The predicted molar refractivity (Wildman–Crippen MR) is 110 cm³/mol. The van der Waals surface area contributed by atoms with Crippen LogP contribution in [0.3, 0.4) is 0 Å². The van der Waals surface area contributed by atoms with Gasteiger partial charge in [0.15, 0.2) is 0 Å². The number of rotatable bonds is 7. The van der Waals surface area contributed by atoms with Gasteiger partial charge < -0.3 is 14.8 Å². The minimum Gasteiger partial charge on any atom is -0.488 e. The van der Waals surface area contributed by atoms with Gasteiger partial charge >= 0.3 is 0 Å². The van der Waals surface area contributed by atoms with Crippen molar-refractivity contribution in [2.75, 3.05) is 13.2 Å². The summed E-state index contributed by atoms with van der Waals surface area (Å²) < 4.78 is 38.9. The first kappa shape index (κ1) is 20.4. The molecular formula is C22H20F2N2O3S. The molecule has 2 heterocycles. The summed E-state index contributed by atoms with van der Waals surface area (Å²) in [7, 11) is 0. The van der Waals surface area contributed by atoms with Crippen LogP contribution in [0.1, 0.15) is 28.9 Å². The van der Waals surface area contributed by atoms with Crippen LogP contribution in [0.15, 0.2) is 47.8 Å². The van der Waals surface area contributed by atoms with Crippen molar-refractivity contribution in [2.45, 2.75) is 25.6 Å². The fraction of sp³-hybridized carbons (Fsp3) is 0.273. The zero-order chi connectivity index (χ0) is 20.9. The highest BCUT2D eigenvalue weighted by atomic mass is 32.1. The number of para-hydroxylation sites is 1. The van der Waals surface area contributed by atoms with Crippen molar-refractivity contribution < 1.29 is 23.0 Å². The second kappa shape index (κ2) is 9.32. The number of nitrogens with zero attached hydrogens (tertiary/aromatic N) is 1. The fourth-order valence-electron chi connectivity index (χ4n) is 3.19. The summed E-state index contributed by atoms with van der Waals surface area (Å²) in [4.78, 5) is 16.8. The minimum atomic E-state index is -0.660. The number of hydrogen-bond donors (Lipinski definition) is 1. The maximum absolute atomic E-state index is 13.9. The van der Waals surface area contributed by atoms with Crippen molar-refractivity contribution >= 4 is 17.2 Å². The third-order valence-corrected chi connectivity index (χ3v) is 5.68. The molecular weight excluding hydrogens is 410 g/mol.